The van der Waals surface area contributed by atoms with Crippen molar-refractivity contribution in [3.05, 3.63) is 29.3 Å². The number of nitrogens with two attached hydrogens (primary N) is 1. The first-order chi connectivity index (χ1) is 11.2. The van der Waals surface area contributed by atoms with Gasteiger partial charge in [-0.3, -0.25) is 4.79 Å². The van der Waals surface area contributed by atoms with Crippen molar-refractivity contribution in [2.45, 2.75) is 18.9 Å². The highest BCUT2D eigenvalue weighted by Gasteiger charge is 2.24. The largest absolute Gasteiger partial charge is 0.454 e. The normalized spacial score (nSPS) is 17.8. The van der Waals surface area contributed by atoms with Gasteiger partial charge in [-0.15, -0.1) is 36.2 Å². The molecule has 9 heteroatoms. The number of thiazole rings is 1. The average Bonchev–Trinajstić information content (AvgIpc) is 3.26. The number of hydrogen-bond donors (Lipinski definition) is 1. The molecule has 0 saturated carbocycles. The maximum absolute atomic E-state index is 12.3. The molecule has 3 heterocycles. The Hall–Kier alpha value is -1.54. The molecule has 0 bridgehead atoms. The van der Waals surface area contributed by atoms with Gasteiger partial charge in [0.25, 0.3) is 0 Å². The molecular formula is C16H19Cl2N3O3S. The van der Waals surface area contributed by atoms with Crippen molar-refractivity contribution in [1.82, 2.24) is 9.88 Å². The molecule has 1 fully saturated rings. The molecule has 2 aliphatic rings. The molecule has 0 aliphatic carbocycles. The van der Waals surface area contributed by atoms with Gasteiger partial charge in [-0.1, -0.05) is 0 Å². The summed E-state index contributed by atoms with van der Waals surface area (Å²) in [5.74, 6) is 1.59. The van der Waals surface area contributed by atoms with Gasteiger partial charge in [-0.2, -0.15) is 0 Å². The molecule has 1 aromatic heterocycles. The lowest BCUT2D eigenvalue weighted by molar-refractivity contribution is -0.129. The topological polar surface area (TPSA) is 77.7 Å². The second-order valence-electron chi connectivity index (χ2n) is 5.78. The van der Waals surface area contributed by atoms with Crippen molar-refractivity contribution in [1.29, 1.82) is 0 Å². The van der Waals surface area contributed by atoms with Gasteiger partial charge in [0.15, 0.2) is 11.5 Å². The van der Waals surface area contributed by atoms with Crippen LogP contribution in [0.15, 0.2) is 23.6 Å². The van der Waals surface area contributed by atoms with E-state index in [4.69, 9.17) is 15.2 Å². The van der Waals surface area contributed by atoms with Crippen LogP contribution in [0.5, 0.6) is 11.5 Å². The monoisotopic (exact) mass is 403 g/mol. The molecule has 0 unspecified atom stereocenters. The minimum absolute atomic E-state index is 0. The van der Waals surface area contributed by atoms with E-state index in [0.29, 0.717) is 13.0 Å². The predicted octanol–water partition coefficient (Wildman–Crippen LogP) is 2.48. The molecule has 2 N–H and O–H groups in total. The van der Waals surface area contributed by atoms with Crippen LogP contribution in [0.25, 0.3) is 10.6 Å². The van der Waals surface area contributed by atoms with Gasteiger partial charge >= 0.3 is 0 Å². The number of carbonyl (C=O) groups is 1. The van der Waals surface area contributed by atoms with Crippen LogP contribution in [-0.4, -0.2) is 41.7 Å². The summed E-state index contributed by atoms with van der Waals surface area (Å²) in [6, 6.07) is 5.87. The minimum atomic E-state index is 0. The molecule has 1 atom stereocenters. The van der Waals surface area contributed by atoms with Crippen LogP contribution in [0.4, 0.5) is 0 Å². The SMILES string of the molecule is Cl.Cl.N[C@@H]1CCN(C(=O)Cc2csc(-c3ccc4c(c3)OCO4)n2)C1. The number of halogens is 2. The van der Waals surface area contributed by atoms with Crippen molar-refractivity contribution in [2.75, 3.05) is 19.9 Å². The second kappa shape index (κ2) is 8.23. The molecule has 2 aliphatic heterocycles. The van der Waals surface area contributed by atoms with E-state index in [1.165, 1.54) is 11.3 Å². The van der Waals surface area contributed by atoms with E-state index in [2.05, 4.69) is 4.98 Å². The van der Waals surface area contributed by atoms with Crippen molar-refractivity contribution >= 4 is 42.1 Å². The quantitative estimate of drug-likeness (QED) is 0.851. The molecule has 2 aromatic rings. The number of aromatic nitrogens is 1. The summed E-state index contributed by atoms with van der Waals surface area (Å²) in [7, 11) is 0. The molecule has 136 valence electrons. The zero-order chi connectivity index (χ0) is 15.8. The molecule has 0 spiro atoms. The molecular weight excluding hydrogens is 385 g/mol. The number of fused-ring (bicyclic) bond motifs is 1. The molecule has 4 rings (SSSR count). The van der Waals surface area contributed by atoms with Crippen LogP contribution < -0.4 is 15.2 Å². The van der Waals surface area contributed by atoms with E-state index >= 15 is 0 Å². The zero-order valence-electron chi connectivity index (χ0n) is 13.3. The summed E-state index contributed by atoms with van der Waals surface area (Å²) in [5, 5.41) is 2.82. The molecule has 0 radical (unpaired) electrons. The van der Waals surface area contributed by atoms with E-state index in [-0.39, 0.29) is 43.6 Å². The summed E-state index contributed by atoms with van der Waals surface area (Å²) in [6.07, 6.45) is 1.21. The third-order valence-electron chi connectivity index (χ3n) is 4.08. The van der Waals surface area contributed by atoms with Gasteiger partial charge in [-0.05, 0) is 24.6 Å². The zero-order valence-corrected chi connectivity index (χ0v) is 15.8. The predicted molar refractivity (Wildman–Crippen MR) is 101 cm³/mol. The van der Waals surface area contributed by atoms with Gasteiger partial charge in [0.1, 0.15) is 5.01 Å². The Labute approximate surface area is 162 Å². The van der Waals surface area contributed by atoms with Crippen LogP contribution >= 0.6 is 36.2 Å². The highest BCUT2D eigenvalue weighted by Crippen LogP contribution is 2.36. The first-order valence-electron chi connectivity index (χ1n) is 7.57. The fourth-order valence-electron chi connectivity index (χ4n) is 2.83. The number of ether oxygens (including phenoxy) is 2. The lowest BCUT2D eigenvalue weighted by Crippen LogP contribution is -2.32. The first kappa shape index (κ1) is 19.8. The smallest absolute Gasteiger partial charge is 0.231 e. The Morgan fingerprint density at radius 2 is 2.12 bits per heavy atom. The standard InChI is InChI=1S/C16H17N3O3S.2ClH/c17-11-3-4-19(7-11)15(20)6-12-8-23-16(18-12)10-1-2-13-14(5-10)22-9-21-13;;/h1-2,5,8,11H,3-4,6-7,9,17H2;2*1H/t11-;;/m1../s1. The highest BCUT2D eigenvalue weighted by molar-refractivity contribution is 7.13. The summed E-state index contributed by atoms with van der Waals surface area (Å²) >= 11 is 1.53. The summed E-state index contributed by atoms with van der Waals surface area (Å²) in [6.45, 7) is 1.66. The second-order valence-corrected chi connectivity index (χ2v) is 6.64. The Morgan fingerprint density at radius 3 is 2.88 bits per heavy atom. The lowest BCUT2D eigenvalue weighted by atomic mass is 10.2. The van der Waals surface area contributed by atoms with Crippen LogP contribution in [0.1, 0.15) is 12.1 Å². The fourth-order valence-corrected chi connectivity index (χ4v) is 3.65. The third kappa shape index (κ3) is 4.17. The van der Waals surface area contributed by atoms with Crippen molar-refractivity contribution < 1.29 is 14.3 Å². The van der Waals surface area contributed by atoms with Crippen LogP contribution in [0.3, 0.4) is 0 Å². The van der Waals surface area contributed by atoms with Crippen molar-refractivity contribution in [2.24, 2.45) is 5.73 Å². The minimum Gasteiger partial charge on any atom is -0.454 e. The van der Waals surface area contributed by atoms with Crippen molar-refractivity contribution in [3.8, 4) is 22.1 Å². The van der Waals surface area contributed by atoms with Gasteiger partial charge in [-0.25, -0.2) is 4.98 Å². The molecule has 25 heavy (non-hydrogen) atoms. The van der Waals surface area contributed by atoms with Crippen LogP contribution in [0, 0.1) is 0 Å². The third-order valence-corrected chi connectivity index (χ3v) is 5.02. The Kier molecular flexibility index (Phi) is 6.51. The number of benzene rings is 1. The maximum atomic E-state index is 12.3. The average molecular weight is 404 g/mol. The molecule has 1 amide bonds. The van der Waals surface area contributed by atoms with Gasteiger partial charge in [0.2, 0.25) is 12.7 Å². The van der Waals surface area contributed by atoms with E-state index in [1.807, 2.05) is 28.5 Å². The van der Waals surface area contributed by atoms with E-state index in [0.717, 1.165) is 40.7 Å². The van der Waals surface area contributed by atoms with E-state index in [9.17, 15) is 4.79 Å². The summed E-state index contributed by atoms with van der Waals surface area (Å²) < 4.78 is 10.7. The highest BCUT2D eigenvalue weighted by atomic mass is 35.5. The summed E-state index contributed by atoms with van der Waals surface area (Å²) in [4.78, 5) is 18.7. The van der Waals surface area contributed by atoms with E-state index in [1.54, 1.807) is 0 Å². The number of hydrogen-bond acceptors (Lipinski definition) is 6. The fraction of sp³-hybridized carbons (Fsp3) is 0.375. The molecule has 1 aromatic carbocycles. The first-order valence-corrected chi connectivity index (χ1v) is 8.45. The Balaban J connectivity index is 0.00000113. The lowest BCUT2D eigenvalue weighted by Gasteiger charge is -2.14. The van der Waals surface area contributed by atoms with Crippen molar-refractivity contribution in [3.63, 3.8) is 0 Å². The maximum Gasteiger partial charge on any atom is 0.231 e. The number of nitrogens with zero attached hydrogens (tertiary/aromatic N) is 2. The van der Waals surface area contributed by atoms with Crippen LogP contribution in [0.2, 0.25) is 0 Å². The number of amides is 1. The number of likely N-dealkylation sites (tertiary alicyclic amines) is 1. The number of rotatable bonds is 3. The molecule has 1 saturated heterocycles. The summed E-state index contributed by atoms with van der Waals surface area (Å²) in [5.41, 5.74) is 7.62. The Bertz CT molecular complexity index is 756. The van der Waals surface area contributed by atoms with Gasteiger partial charge < -0.3 is 20.1 Å². The Morgan fingerprint density at radius 1 is 1.32 bits per heavy atom. The van der Waals surface area contributed by atoms with Crippen LogP contribution in [-0.2, 0) is 11.2 Å². The van der Waals surface area contributed by atoms with Gasteiger partial charge in [0.05, 0.1) is 12.1 Å². The van der Waals surface area contributed by atoms with Gasteiger partial charge in [0, 0.05) is 30.1 Å². The number of carbonyl (C=O) groups excluding carboxylic acids is 1. The van der Waals surface area contributed by atoms with E-state index < -0.39 is 0 Å². The molecule has 6 nitrogen and oxygen atoms in total.